The summed E-state index contributed by atoms with van der Waals surface area (Å²) < 4.78 is 10.5. The highest BCUT2D eigenvalue weighted by Crippen LogP contribution is 2.26. The first-order chi connectivity index (χ1) is 14.6. The lowest BCUT2D eigenvalue weighted by Crippen LogP contribution is -2.22. The number of anilines is 2. The third kappa shape index (κ3) is 5.50. The van der Waals surface area contributed by atoms with E-state index in [0.29, 0.717) is 23.7 Å². The standard InChI is InChI=1S/C24H26N2O4/c1-3-17(2)19-10-4-7-13-22(19)26-23(27)16-30-24(28)20-11-5-6-12-21(20)25-15-18-9-8-14-29-18/h4-14,17,25H,3,15-16H2,1-2H3,(H,26,27)/t17-/m0/s1. The largest absolute Gasteiger partial charge is 0.467 e. The van der Waals surface area contributed by atoms with Gasteiger partial charge in [0, 0.05) is 11.4 Å². The fourth-order valence-corrected chi connectivity index (χ4v) is 3.07. The number of amides is 1. The Bertz CT molecular complexity index is 982. The number of esters is 1. The van der Waals surface area contributed by atoms with Gasteiger partial charge in [0.2, 0.25) is 0 Å². The second-order valence-electron chi connectivity index (χ2n) is 7.00. The van der Waals surface area contributed by atoms with Gasteiger partial charge in [0.05, 0.1) is 18.4 Å². The van der Waals surface area contributed by atoms with E-state index in [4.69, 9.17) is 9.15 Å². The molecule has 2 N–H and O–H groups in total. The molecule has 1 atom stereocenters. The summed E-state index contributed by atoms with van der Waals surface area (Å²) in [6, 6.07) is 18.3. The van der Waals surface area contributed by atoms with E-state index in [1.54, 1.807) is 30.5 Å². The minimum Gasteiger partial charge on any atom is -0.467 e. The van der Waals surface area contributed by atoms with Crippen molar-refractivity contribution in [2.45, 2.75) is 32.7 Å². The van der Waals surface area contributed by atoms with Crippen LogP contribution in [0.25, 0.3) is 0 Å². The molecule has 0 aliphatic heterocycles. The number of para-hydroxylation sites is 2. The summed E-state index contributed by atoms with van der Waals surface area (Å²) in [5.41, 5.74) is 2.78. The molecule has 1 amide bonds. The molecule has 3 aromatic rings. The lowest BCUT2D eigenvalue weighted by Gasteiger charge is -2.16. The van der Waals surface area contributed by atoms with Crippen LogP contribution in [0.1, 0.15) is 47.9 Å². The molecule has 0 fully saturated rings. The number of carbonyl (C=O) groups excluding carboxylic acids is 2. The monoisotopic (exact) mass is 406 g/mol. The average molecular weight is 406 g/mol. The Morgan fingerprint density at radius 2 is 1.73 bits per heavy atom. The number of furan rings is 1. The number of rotatable bonds is 9. The van der Waals surface area contributed by atoms with E-state index in [9.17, 15) is 9.59 Å². The van der Waals surface area contributed by atoms with Crippen LogP contribution in [0.4, 0.5) is 11.4 Å². The van der Waals surface area contributed by atoms with E-state index >= 15 is 0 Å². The molecule has 0 aliphatic carbocycles. The predicted molar refractivity (Wildman–Crippen MR) is 117 cm³/mol. The first-order valence-corrected chi connectivity index (χ1v) is 9.99. The van der Waals surface area contributed by atoms with Gasteiger partial charge in [0.25, 0.3) is 5.91 Å². The van der Waals surface area contributed by atoms with Crippen LogP contribution in [0, 0.1) is 0 Å². The smallest absolute Gasteiger partial charge is 0.340 e. The summed E-state index contributed by atoms with van der Waals surface area (Å²) in [7, 11) is 0. The molecule has 6 nitrogen and oxygen atoms in total. The molecule has 0 unspecified atom stereocenters. The Morgan fingerprint density at radius 1 is 1.00 bits per heavy atom. The van der Waals surface area contributed by atoms with E-state index < -0.39 is 5.97 Å². The zero-order chi connectivity index (χ0) is 21.3. The SMILES string of the molecule is CC[C@H](C)c1ccccc1NC(=O)COC(=O)c1ccccc1NCc1ccco1. The molecular weight excluding hydrogens is 380 g/mol. The molecule has 6 heteroatoms. The van der Waals surface area contributed by atoms with Gasteiger partial charge in [-0.2, -0.15) is 0 Å². The summed E-state index contributed by atoms with van der Waals surface area (Å²) in [4.78, 5) is 24.9. The van der Waals surface area contributed by atoms with Gasteiger partial charge in [-0.15, -0.1) is 0 Å². The second kappa shape index (κ2) is 10.3. The van der Waals surface area contributed by atoms with Gasteiger partial charge in [-0.25, -0.2) is 4.79 Å². The van der Waals surface area contributed by atoms with Crippen LogP contribution in [0.5, 0.6) is 0 Å². The first-order valence-electron chi connectivity index (χ1n) is 9.99. The highest BCUT2D eigenvalue weighted by Gasteiger charge is 2.16. The lowest BCUT2D eigenvalue weighted by molar-refractivity contribution is -0.119. The van der Waals surface area contributed by atoms with Gasteiger partial charge < -0.3 is 19.8 Å². The zero-order valence-corrected chi connectivity index (χ0v) is 17.2. The van der Waals surface area contributed by atoms with Crippen LogP contribution in [0.15, 0.2) is 71.3 Å². The number of nitrogens with one attached hydrogen (secondary N) is 2. The van der Waals surface area contributed by atoms with Crippen molar-refractivity contribution in [3.63, 3.8) is 0 Å². The van der Waals surface area contributed by atoms with Crippen molar-refractivity contribution in [3.05, 3.63) is 83.8 Å². The molecular formula is C24H26N2O4. The van der Waals surface area contributed by atoms with Gasteiger partial charge in [0.1, 0.15) is 5.76 Å². The van der Waals surface area contributed by atoms with E-state index in [2.05, 4.69) is 24.5 Å². The highest BCUT2D eigenvalue weighted by molar-refractivity contribution is 5.98. The summed E-state index contributed by atoms with van der Waals surface area (Å²) in [5, 5.41) is 6.00. The van der Waals surface area contributed by atoms with Gasteiger partial charge in [-0.1, -0.05) is 44.2 Å². The first kappa shape index (κ1) is 21.2. The van der Waals surface area contributed by atoms with Gasteiger partial charge >= 0.3 is 5.97 Å². The Labute approximate surface area is 176 Å². The van der Waals surface area contributed by atoms with Crippen molar-refractivity contribution >= 4 is 23.3 Å². The molecule has 0 radical (unpaired) electrons. The van der Waals surface area contributed by atoms with E-state index in [0.717, 1.165) is 23.4 Å². The van der Waals surface area contributed by atoms with Crippen molar-refractivity contribution in [1.29, 1.82) is 0 Å². The minimum absolute atomic E-state index is 0.316. The van der Waals surface area contributed by atoms with Crippen LogP contribution in [0.3, 0.4) is 0 Å². The molecule has 0 aliphatic rings. The van der Waals surface area contributed by atoms with Crippen molar-refractivity contribution in [1.82, 2.24) is 0 Å². The fourth-order valence-electron chi connectivity index (χ4n) is 3.07. The Kier molecular flexibility index (Phi) is 7.27. The highest BCUT2D eigenvalue weighted by atomic mass is 16.5. The maximum atomic E-state index is 12.5. The number of hydrogen-bond acceptors (Lipinski definition) is 5. The van der Waals surface area contributed by atoms with Crippen molar-refractivity contribution < 1.29 is 18.7 Å². The van der Waals surface area contributed by atoms with Gasteiger partial charge in [-0.3, -0.25) is 4.79 Å². The van der Waals surface area contributed by atoms with Crippen molar-refractivity contribution in [2.75, 3.05) is 17.2 Å². The Morgan fingerprint density at radius 3 is 2.47 bits per heavy atom. The fraction of sp³-hybridized carbons (Fsp3) is 0.250. The van der Waals surface area contributed by atoms with E-state index in [1.165, 1.54) is 0 Å². The molecule has 1 aromatic heterocycles. The van der Waals surface area contributed by atoms with Gasteiger partial charge in [0.15, 0.2) is 6.61 Å². The predicted octanol–water partition coefficient (Wildman–Crippen LogP) is 5.20. The normalized spacial score (nSPS) is 11.5. The summed E-state index contributed by atoms with van der Waals surface area (Å²) in [6.07, 6.45) is 2.55. The second-order valence-corrected chi connectivity index (χ2v) is 7.00. The topological polar surface area (TPSA) is 80.6 Å². The van der Waals surface area contributed by atoms with Crippen LogP contribution < -0.4 is 10.6 Å². The molecule has 2 aromatic carbocycles. The molecule has 0 spiro atoms. The molecule has 0 saturated heterocycles. The Hall–Kier alpha value is -3.54. The van der Waals surface area contributed by atoms with Crippen LogP contribution >= 0.6 is 0 Å². The molecule has 156 valence electrons. The summed E-state index contributed by atoms with van der Waals surface area (Å²) in [6.45, 7) is 4.28. The molecule has 0 bridgehead atoms. The molecule has 0 saturated carbocycles. The minimum atomic E-state index is -0.567. The molecule has 3 rings (SSSR count). The van der Waals surface area contributed by atoms with Gasteiger partial charge in [-0.05, 0) is 48.2 Å². The van der Waals surface area contributed by atoms with E-state index in [1.807, 2.05) is 36.4 Å². The summed E-state index contributed by atoms with van der Waals surface area (Å²) in [5.74, 6) is 0.122. The van der Waals surface area contributed by atoms with Crippen LogP contribution in [-0.2, 0) is 16.1 Å². The quantitative estimate of drug-likeness (QED) is 0.477. The average Bonchev–Trinajstić information content (AvgIpc) is 3.30. The maximum Gasteiger partial charge on any atom is 0.340 e. The lowest BCUT2D eigenvalue weighted by atomic mass is 9.97. The van der Waals surface area contributed by atoms with Crippen LogP contribution in [-0.4, -0.2) is 18.5 Å². The van der Waals surface area contributed by atoms with E-state index in [-0.39, 0.29) is 12.5 Å². The summed E-state index contributed by atoms with van der Waals surface area (Å²) >= 11 is 0. The number of ether oxygens (including phenoxy) is 1. The molecule has 1 heterocycles. The van der Waals surface area contributed by atoms with Crippen LogP contribution in [0.2, 0.25) is 0 Å². The number of benzene rings is 2. The van der Waals surface area contributed by atoms with Crippen molar-refractivity contribution in [2.24, 2.45) is 0 Å². The molecule has 30 heavy (non-hydrogen) atoms. The zero-order valence-electron chi connectivity index (χ0n) is 17.2. The third-order valence-electron chi connectivity index (χ3n) is 4.89. The maximum absolute atomic E-state index is 12.5. The third-order valence-corrected chi connectivity index (χ3v) is 4.89. The Balaban J connectivity index is 1.59. The number of hydrogen-bond donors (Lipinski definition) is 2. The van der Waals surface area contributed by atoms with Crippen molar-refractivity contribution in [3.8, 4) is 0 Å². The number of carbonyl (C=O) groups is 2.